The van der Waals surface area contributed by atoms with E-state index in [9.17, 15) is 14.4 Å². The predicted octanol–water partition coefficient (Wildman–Crippen LogP) is 2.51. The van der Waals surface area contributed by atoms with Crippen LogP contribution >= 0.6 is 0 Å². The summed E-state index contributed by atoms with van der Waals surface area (Å²) in [5.74, 6) is -1.48. The molecule has 1 fully saturated rings. The highest BCUT2D eigenvalue weighted by Crippen LogP contribution is 2.25. The summed E-state index contributed by atoms with van der Waals surface area (Å²) in [5, 5.41) is 14.9. The van der Waals surface area contributed by atoms with E-state index >= 15 is 0 Å². The number of amides is 2. The van der Waals surface area contributed by atoms with E-state index < -0.39 is 17.9 Å². The number of carboxylic acids is 1. The quantitative estimate of drug-likeness (QED) is 0.696. The zero-order chi connectivity index (χ0) is 19.3. The van der Waals surface area contributed by atoms with Crippen molar-refractivity contribution < 1.29 is 19.5 Å². The molecule has 0 saturated heterocycles. The topological polar surface area (TPSA) is 95.5 Å². The number of aliphatic carboxylic acids is 1. The first-order valence-electron chi connectivity index (χ1n) is 9.17. The Hall–Kier alpha value is -2.37. The molecule has 142 valence electrons. The van der Waals surface area contributed by atoms with Gasteiger partial charge in [0.25, 0.3) is 5.91 Å². The second-order valence-electron chi connectivity index (χ2n) is 7.52. The minimum Gasteiger partial charge on any atom is -0.481 e. The van der Waals surface area contributed by atoms with Gasteiger partial charge in [-0.25, -0.2) is 0 Å². The molecule has 3 atom stereocenters. The largest absolute Gasteiger partial charge is 0.481 e. The molecule has 1 aromatic carbocycles. The molecule has 0 aliphatic heterocycles. The Labute approximate surface area is 154 Å². The molecule has 1 unspecified atom stereocenters. The molecule has 0 heterocycles. The van der Waals surface area contributed by atoms with Crippen LogP contribution in [0, 0.1) is 18.8 Å². The lowest BCUT2D eigenvalue weighted by atomic mass is 10.0. The van der Waals surface area contributed by atoms with Gasteiger partial charge in [0, 0.05) is 11.6 Å². The van der Waals surface area contributed by atoms with Crippen LogP contribution in [-0.2, 0) is 9.59 Å². The van der Waals surface area contributed by atoms with E-state index in [2.05, 4.69) is 10.6 Å². The molecule has 6 nitrogen and oxygen atoms in total. The molecule has 0 radical (unpaired) electrons. The van der Waals surface area contributed by atoms with E-state index in [1.165, 1.54) is 0 Å². The van der Waals surface area contributed by atoms with Crippen LogP contribution in [0.15, 0.2) is 24.3 Å². The average molecular weight is 360 g/mol. The Kier molecular flexibility index (Phi) is 6.77. The van der Waals surface area contributed by atoms with Gasteiger partial charge in [-0.15, -0.1) is 0 Å². The van der Waals surface area contributed by atoms with Gasteiger partial charge >= 0.3 is 5.97 Å². The molecule has 0 spiro atoms. The molecule has 2 amide bonds. The van der Waals surface area contributed by atoms with Crippen LogP contribution in [0.2, 0.25) is 0 Å². The van der Waals surface area contributed by atoms with Gasteiger partial charge < -0.3 is 15.7 Å². The van der Waals surface area contributed by atoms with Crippen LogP contribution in [0.5, 0.6) is 0 Å². The van der Waals surface area contributed by atoms with Crippen molar-refractivity contribution >= 4 is 17.8 Å². The molecule has 0 aromatic heterocycles. The maximum Gasteiger partial charge on any atom is 0.306 e. The second kappa shape index (κ2) is 8.83. The number of benzene rings is 1. The van der Waals surface area contributed by atoms with E-state index in [1.54, 1.807) is 12.1 Å². The highest BCUT2D eigenvalue weighted by molar-refractivity contribution is 5.98. The molecule has 1 saturated carbocycles. The van der Waals surface area contributed by atoms with Crippen molar-refractivity contribution in [3.05, 3.63) is 35.4 Å². The summed E-state index contributed by atoms with van der Waals surface area (Å²) in [6, 6.07) is 6.48. The third-order valence-electron chi connectivity index (χ3n) is 4.85. The van der Waals surface area contributed by atoms with Gasteiger partial charge in [-0.1, -0.05) is 32.0 Å². The predicted molar refractivity (Wildman–Crippen MR) is 98.8 cm³/mol. The van der Waals surface area contributed by atoms with Gasteiger partial charge in [0.1, 0.15) is 6.04 Å². The fraction of sp³-hybridized carbons (Fsp3) is 0.550. The third-order valence-corrected chi connectivity index (χ3v) is 4.85. The van der Waals surface area contributed by atoms with Crippen molar-refractivity contribution in [3.8, 4) is 0 Å². The lowest BCUT2D eigenvalue weighted by Crippen LogP contribution is -2.49. The lowest BCUT2D eigenvalue weighted by molar-refractivity contribution is -0.141. The van der Waals surface area contributed by atoms with Gasteiger partial charge in [-0.05, 0) is 50.2 Å². The molecule has 3 N–H and O–H groups in total. The lowest BCUT2D eigenvalue weighted by Gasteiger charge is -2.23. The fourth-order valence-corrected chi connectivity index (χ4v) is 3.41. The number of hydrogen-bond acceptors (Lipinski definition) is 3. The second-order valence-corrected chi connectivity index (χ2v) is 7.52. The minimum atomic E-state index is -0.812. The highest BCUT2D eigenvalue weighted by atomic mass is 16.4. The molecule has 2 rings (SSSR count). The summed E-state index contributed by atoms with van der Waals surface area (Å²) in [6.45, 7) is 5.85. The number of carboxylic acid groups (broad SMARTS) is 1. The molecule has 1 aliphatic carbocycles. The van der Waals surface area contributed by atoms with Crippen LogP contribution in [0.1, 0.15) is 55.5 Å². The van der Waals surface area contributed by atoms with E-state index in [1.807, 2.05) is 32.9 Å². The van der Waals surface area contributed by atoms with Gasteiger partial charge in [-0.3, -0.25) is 14.4 Å². The minimum absolute atomic E-state index is 0.145. The maximum absolute atomic E-state index is 12.7. The smallest absolute Gasteiger partial charge is 0.306 e. The normalized spacial score (nSPS) is 20.6. The molecular weight excluding hydrogens is 332 g/mol. The van der Waals surface area contributed by atoms with Crippen molar-refractivity contribution in [2.45, 2.75) is 58.5 Å². The van der Waals surface area contributed by atoms with Crippen LogP contribution in [-0.4, -0.2) is 35.0 Å². The van der Waals surface area contributed by atoms with E-state index in [4.69, 9.17) is 5.11 Å². The Bertz CT molecular complexity index is 672. The fourth-order valence-electron chi connectivity index (χ4n) is 3.41. The van der Waals surface area contributed by atoms with Crippen molar-refractivity contribution in [2.24, 2.45) is 11.8 Å². The summed E-state index contributed by atoms with van der Waals surface area (Å²) in [5.41, 5.74) is 1.41. The molecular formula is C20H28N2O4. The molecule has 26 heavy (non-hydrogen) atoms. The number of carbonyl (C=O) groups is 3. The Morgan fingerprint density at radius 1 is 1.19 bits per heavy atom. The maximum atomic E-state index is 12.7. The van der Waals surface area contributed by atoms with Gasteiger partial charge in [0.2, 0.25) is 5.91 Å². The van der Waals surface area contributed by atoms with E-state index in [0.717, 1.165) is 5.56 Å². The zero-order valence-electron chi connectivity index (χ0n) is 15.6. The third kappa shape index (κ3) is 5.31. The summed E-state index contributed by atoms with van der Waals surface area (Å²) in [6.07, 6.45) is 2.20. The summed E-state index contributed by atoms with van der Waals surface area (Å²) in [7, 11) is 0. The first-order chi connectivity index (χ1) is 12.3. The number of hydrogen-bond donors (Lipinski definition) is 3. The Morgan fingerprint density at radius 2 is 1.88 bits per heavy atom. The van der Waals surface area contributed by atoms with Crippen molar-refractivity contribution in [2.75, 3.05) is 0 Å². The van der Waals surface area contributed by atoms with Gasteiger partial charge in [0.15, 0.2) is 0 Å². The highest BCUT2D eigenvalue weighted by Gasteiger charge is 2.32. The molecule has 0 bridgehead atoms. The summed E-state index contributed by atoms with van der Waals surface area (Å²) in [4.78, 5) is 36.3. The average Bonchev–Trinajstić information content (AvgIpc) is 3.03. The van der Waals surface area contributed by atoms with Crippen LogP contribution in [0.25, 0.3) is 0 Å². The Morgan fingerprint density at radius 3 is 2.46 bits per heavy atom. The number of rotatable bonds is 7. The van der Waals surface area contributed by atoms with E-state index in [0.29, 0.717) is 31.2 Å². The van der Waals surface area contributed by atoms with Crippen molar-refractivity contribution in [1.29, 1.82) is 0 Å². The monoisotopic (exact) mass is 360 g/mol. The van der Waals surface area contributed by atoms with Crippen LogP contribution < -0.4 is 10.6 Å². The van der Waals surface area contributed by atoms with Crippen LogP contribution in [0.4, 0.5) is 0 Å². The van der Waals surface area contributed by atoms with Gasteiger partial charge in [0.05, 0.1) is 5.92 Å². The number of nitrogens with one attached hydrogen (secondary N) is 2. The summed E-state index contributed by atoms with van der Waals surface area (Å²) >= 11 is 0. The van der Waals surface area contributed by atoms with Crippen LogP contribution in [0.3, 0.4) is 0 Å². The summed E-state index contributed by atoms with van der Waals surface area (Å²) < 4.78 is 0. The SMILES string of the molecule is Cc1ccccc1C(=O)NC(CC(C)C)C(=O)N[C@@H]1CC[C@H](C(=O)O)C1. The first kappa shape index (κ1) is 19.9. The number of carbonyl (C=O) groups excluding carboxylic acids is 2. The first-order valence-corrected chi connectivity index (χ1v) is 9.17. The Balaban J connectivity index is 2.02. The number of aryl methyl sites for hydroxylation is 1. The van der Waals surface area contributed by atoms with Crippen molar-refractivity contribution in [1.82, 2.24) is 10.6 Å². The molecule has 1 aromatic rings. The van der Waals surface area contributed by atoms with Crippen molar-refractivity contribution in [3.63, 3.8) is 0 Å². The molecule has 1 aliphatic rings. The van der Waals surface area contributed by atoms with Gasteiger partial charge in [-0.2, -0.15) is 0 Å². The zero-order valence-corrected chi connectivity index (χ0v) is 15.6. The molecule has 6 heteroatoms. The standard InChI is InChI=1S/C20H28N2O4/c1-12(2)10-17(22-18(23)16-7-5-4-6-13(16)3)19(24)21-15-9-8-14(11-15)20(25)26/h4-7,12,14-15,17H,8-11H2,1-3H3,(H,21,24)(H,22,23)(H,25,26)/t14-,15+,17?/m0/s1. The van der Waals surface area contributed by atoms with E-state index in [-0.39, 0.29) is 23.8 Å².